The SMILES string of the molecule is c1ccc(-c2cccc(-c3ccccc3)c2-c2ccc3c(c2)nc2n3-c3ccccc3SC2)cc1. The van der Waals surface area contributed by atoms with Gasteiger partial charge in [-0.2, -0.15) is 0 Å². The average molecular weight is 467 g/mol. The van der Waals surface area contributed by atoms with E-state index in [9.17, 15) is 0 Å². The molecule has 7 rings (SSSR count). The fraction of sp³-hybridized carbons (Fsp3) is 0.0312. The van der Waals surface area contributed by atoms with Crippen LogP contribution in [0.25, 0.3) is 50.1 Å². The lowest BCUT2D eigenvalue weighted by Crippen LogP contribution is -2.05. The van der Waals surface area contributed by atoms with Gasteiger partial charge in [0.05, 0.1) is 22.5 Å². The van der Waals surface area contributed by atoms with E-state index in [4.69, 9.17) is 4.98 Å². The van der Waals surface area contributed by atoms with Crippen LogP contribution in [0.4, 0.5) is 0 Å². The van der Waals surface area contributed by atoms with E-state index in [0.29, 0.717) is 0 Å². The van der Waals surface area contributed by atoms with Gasteiger partial charge in [-0.05, 0) is 57.6 Å². The van der Waals surface area contributed by atoms with Crippen molar-refractivity contribution >= 4 is 22.8 Å². The number of rotatable bonds is 3. The molecule has 1 aliphatic rings. The Morgan fingerprint density at radius 1 is 0.600 bits per heavy atom. The maximum atomic E-state index is 5.09. The number of fused-ring (bicyclic) bond motifs is 5. The number of para-hydroxylation sites is 1. The van der Waals surface area contributed by atoms with Crippen molar-refractivity contribution in [2.75, 3.05) is 0 Å². The minimum absolute atomic E-state index is 0.886. The maximum Gasteiger partial charge on any atom is 0.124 e. The highest BCUT2D eigenvalue weighted by Crippen LogP contribution is 2.42. The number of imidazole rings is 1. The fourth-order valence-electron chi connectivity index (χ4n) is 5.14. The van der Waals surface area contributed by atoms with Gasteiger partial charge in [0.25, 0.3) is 0 Å². The molecule has 2 heterocycles. The lowest BCUT2D eigenvalue weighted by Gasteiger charge is -2.18. The molecule has 3 heteroatoms. The Kier molecular flexibility index (Phi) is 4.81. The van der Waals surface area contributed by atoms with E-state index >= 15 is 0 Å². The largest absolute Gasteiger partial charge is 0.294 e. The molecule has 1 aliphatic heterocycles. The van der Waals surface area contributed by atoms with E-state index in [1.807, 2.05) is 11.8 Å². The quantitative estimate of drug-likeness (QED) is 0.260. The molecule has 0 N–H and O–H groups in total. The van der Waals surface area contributed by atoms with Crippen LogP contribution in [0.2, 0.25) is 0 Å². The van der Waals surface area contributed by atoms with Crippen molar-refractivity contribution in [3.8, 4) is 39.1 Å². The first-order valence-corrected chi connectivity index (χ1v) is 12.8. The van der Waals surface area contributed by atoms with Gasteiger partial charge in [0.15, 0.2) is 0 Å². The van der Waals surface area contributed by atoms with E-state index in [-0.39, 0.29) is 0 Å². The Hall–Kier alpha value is -4.08. The van der Waals surface area contributed by atoms with Gasteiger partial charge in [-0.25, -0.2) is 4.98 Å². The second kappa shape index (κ2) is 8.30. The van der Waals surface area contributed by atoms with Crippen molar-refractivity contribution in [1.82, 2.24) is 9.55 Å². The molecule has 0 atom stereocenters. The third-order valence-electron chi connectivity index (χ3n) is 6.71. The summed E-state index contributed by atoms with van der Waals surface area (Å²) in [6.07, 6.45) is 0. The Balaban J connectivity index is 1.48. The number of nitrogens with zero attached hydrogens (tertiary/aromatic N) is 2. The third kappa shape index (κ3) is 3.39. The van der Waals surface area contributed by atoms with Gasteiger partial charge in [-0.1, -0.05) is 97.1 Å². The van der Waals surface area contributed by atoms with Gasteiger partial charge >= 0.3 is 0 Å². The first kappa shape index (κ1) is 20.3. The summed E-state index contributed by atoms with van der Waals surface area (Å²) in [7, 11) is 0. The molecule has 0 unspecified atom stereocenters. The van der Waals surface area contributed by atoms with Crippen LogP contribution >= 0.6 is 11.8 Å². The Bertz CT molecular complexity index is 1630. The zero-order valence-electron chi connectivity index (χ0n) is 19.1. The number of aromatic nitrogens is 2. The van der Waals surface area contributed by atoms with Gasteiger partial charge in [-0.15, -0.1) is 11.8 Å². The van der Waals surface area contributed by atoms with Gasteiger partial charge in [-0.3, -0.25) is 4.57 Å². The predicted octanol–water partition coefficient (Wildman–Crippen LogP) is 8.63. The zero-order chi connectivity index (χ0) is 23.2. The van der Waals surface area contributed by atoms with E-state index < -0.39 is 0 Å². The average Bonchev–Trinajstić information content (AvgIpc) is 3.32. The molecule has 0 saturated carbocycles. The minimum atomic E-state index is 0.886. The zero-order valence-corrected chi connectivity index (χ0v) is 19.9. The van der Waals surface area contributed by atoms with Crippen molar-refractivity contribution in [3.05, 3.63) is 127 Å². The summed E-state index contributed by atoms with van der Waals surface area (Å²) in [6, 6.07) is 43.3. The first-order valence-electron chi connectivity index (χ1n) is 11.8. The molecule has 0 amide bonds. The number of thioether (sulfide) groups is 1. The molecule has 6 aromatic rings. The normalized spacial score (nSPS) is 12.3. The molecular formula is C32H22N2S. The van der Waals surface area contributed by atoms with Crippen LogP contribution in [0.1, 0.15) is 5.82 Å². The van der Waals surface area contributed by atoms with E-state index in [1.165, 1.54) is 44.0 Å². The monoisotopic (exact) mass is 466 g/mol. The van der Waals surface area contributed by atoms with Crippen LogP contribution in [-0.4, -0.2) is 9.55 Å². The molecule has 0 spiro atoms. The van der Waals surface area contributed by atoms with Crippen molar-refractivity contribution in [3.63, 3.8) is 0 Å². The molecule has 0 saturated heterocycles. The molecule has 0 bridgehead atoms. The summed E-state index contributed by atoms with van der Waals surface area (Å²) in [4.78, 5) is 6.39. The van der Waals surface area contributed by atoms with E-state index in [2.05, 4.69) is 126 Å². The summed E-state index contributed by atoms with van der Waals surface area (Å²) in [6.45, 7) is 0. The van der Waals surface area contributed by atoms with Crippen LogP contribution in [0.15, 0.2) is 126 Å². The van der Waals surface area contributed by atoms with Gasteiger partial charge in [0.1, 0.15) is 5.82 Å². The lowest BCUT2D eigenvalue weighted by molar-refractivity contribution is 0.945. The maximum absolute atomic E-state index is 5.09. The molecule has 0 radical (unpaired) electrons. The van der Waals surface area contributed by atoms with Crippen molar-refractivity contribution in [2.45, 2.75) is 10.6 Å². The molecule has 0 aliphatic carbocycles. The molecule has 5 aromatic carbocycles. The fourth-order valence-corrected chi connectivity index (χ4v) is 6.10. The highest BCUT2D eigenvalue weighted by molar-refractivity contribution is 7.98. The minimum Gasteiger partial charge on any atom is -0.294 e. The number of benzene rings is 5. The highest BCUT2D eigenvalue weighted by Gasteiger charge is 2.21. The molecule has 35 heavy (non-hydrogen) atoms. The smallest absolute Gasteiger partial charge is 0.124 e. The summed E-state index contributed by atoms with van der Waals surface area (Å²) >= 11 is 1.86. The summed E-state index contributed by atoms with van der Waals surface area (Å²) in [5, 5.41) is 0. The molecule has 1 aromatic heterocycles. The van der Waals surface area contributed by atoms with Gasteiger partial charge < -0.3 is 0 Å². The highest BCUT2D eigenvalue weighted by atomic mass is 32.2. The topological polar surface area (TPSA) is 17.8 Å². The summed E-state index contributed by atoms with van der Waals surface area (Å²) < 4.78 is 2.33. The third-order valence-corrected chi connectivity index (χ3v) is 7.77. The molecule has 166 valence electrons. The van der Waals surface area contributed by atoms with Crippen LogP contribution in [0.3, 0.4) is 0 Å². The molecular weight excluding hydrogens is 444 g/mol. The predicted molar refractivity (Wildman–Crippen MR) is 147 cm³/mol. The first-order chi connectivity index (χ1) is 17.4. The summed E-state index contributed by atoms with van der Waals surface area (Å²) in [5.74, 6) is 2.00. The standard InChI is InChI=1S/C32H22N2S/c1-3-10-22(11-4-1)25-14-9-15-26(23-12-5-2-6-13-23)32(25)24-18-19-28-27(20-24)33-31-21-35-30-17-8-7-16-29(30)34(28)31/h1-20H,21H2. The second-order valence-electron chi connectivity index (χ2n) is 8.78. The van der Waals surface area contributed by atoms with Crippen molar-refractivity contribution in [2.24, 2.45) is 0 Å². The van der Waals surface area contributed by atoms with Crippen molar-refractivity contribution in [1.29, 1.82) is 0 Å². The van der Waals surface area contributed by atoms with Gasteiger partial charge in [0, 0.05) is 4.90 Å². The molecule has 0 fully saturated rings. The van der Waals surface area contributed by atoms with Crippen LogP contribution < -0.4 is 0 Å². The molecule has 2 nitrogen and oxygen atoms in total. The number of hydrogen-bond acceptors (Lipinski definition) is 2. The van der Waals surface area contributed by atoms with E-state index in [1.54, 1.807) is 0 Å². The Labute approximate surface area is 208 Å². The Morgan fingerprint density at radius 2 is 1.26 bits per heavy atom. The Morgan fingerprint density at radius 3 is 1.97 bits per heavy atom. The second-order valence-corrected chi connectivity index (χ2v) is 9.80. The lowest BCUT2D eigenvalue weighted by atomic mass is 9.87. The summed E-state index contributed by atoms with van der Waals surface area (Å²) in [5.41, 5.74) is 10.8. The number of hydrogen-bond donors (Lipinski definition) is 0. The van der Waals surface area contributed by atoms with Crippen LogP contribution in [-0.2, 0) is 5.75 Å². The van der Waals surface area contributed by atoms with Crippen LogP contribution in [0.5, 0.6) is 0 Å². The van der Waals surface area contributed by atoms with Crippen LogP contribution in [0, 0.1) is 0 Å². The van der Waals surface area contributed by atoms with Crippen molar-refractivity contribution < 1.29 is 0 Å². The van der Waals surface area contributed by atoms with Gasteiger partial charge in [0.2, 0.25) is 0 Å². The van der Waals surface area contributed by atoms with E-state index in [0.717, 1.165) is 22.6 Å².